The van der Waals surface area contributed by atoms with Gasteiger partial charge in [0.05, 0.1) is 5.69 Å². The van der Waals surface area contributed by atoms with Crippen LogP contribution < -0.4 is 22.7 Å². The molecule has 0 atom stereocenters. The van der Waals surface area contributed by atoms with E-state index < -0.39 is 0 Å². The van der Waals surface area contributed by atoms with Gasteiger partial charge in [-0.3, -0.25) is 10.2 Å². The van der Waals surface area contributed by atoms with Crippen molar-refractivity contribution in [2.75, 3.05) is 11.3 Å². The van der Waals surface area contributed by atoms with Gasteiger partial charge in [-0.1, -0.05) is 29.8 Å². The third-order valence-electron chi connectivity index (χ3n) is 3.01. The lowest BCUT2D eigenvalue weighted by atomic mass is 10.0. The molecule has 6 heteroatoms. The Labute approximate surface area is 111 Å². The van der Waals surface area contributed by atoms with E-state index in [2.05, 4.69) is 10.4 Å². The van der Waals surface area contributed by atoms with Crippen molar-refractivity contribution >= 4 is 5.95 Å². The van der Waals surface area contributed by atoms with E-state index in [1.165, 1.54) is 0 Å². The number of benzene rings is 1. The van der Waals surface area contributed by atoms with Crippen LogP contribution in [-0.2, 0) is 6.42 Å². The van der Waals surface area contributed by atoms with Crippen molar-refractivity contribution in [1.29, 1.82) is 0 Å². The molecule has 1 heterocycles. The number of nitrogens with one attached hydrogen (secondary N) is 1. The summed E-state index contributed by atoms with van der Waals surface area (Å²) in [6, 6.07) is 7.98. The Hall–Kier alpha value is -2.34. The van der Waals surface area contributed by atoms with Crippen LogP contribution in [-0.4, -0.2) is 9.66 Å². The molecule has 0 bridgehead atoms. The van der Waals surface area contributed by atoms with Crippen molar-refractivity contribution in [2.45, 2.75) is 20.3 Å². The van der Waals surface area contributed by atoms with E-state index in [0.717, 1.165) is 15.8 Å². The summed E-state index contributed by atoms with van der Waals surface area (Å²) in [5, 5.41) is 0. The van der Waals surface area contributed by atoms with Crippen LogP contribution in [0.4, 0.5) is 5.95 Å². The quantitative estimate of drug-likeness (QED) is 0.549. The second kappa shape index (κ2) is 5.11. The van der Waals surface area contributed by atoms with Gasteiger partial charge >= 0.3 is 0 Å². The van der Waals surface area contributed by atoms with Crippen molar-refractivity contribution in [3.63, 3.8) is 0 Å². The molecule has 0 unspecified atom stereocenters. The van der Waals surface area contributed by atoms with Crippen LogP contribution in [0.5, 0.6) is 0 Å². The third-order valence-corrected chi connectivity index (χ3v) is 3.01. The van der Waals surface area contributed by atoms with Crippen molar-refractivity contribution in [3.8, 4) is 0 Å². The van der Waals surface area contributed by atoms with E-state index in [0.29, 0.717) is 17.7 Å². The summed E-state index contributed by atoms with van der Waals surface area (Å²) in [4.78, 5) is 16.3. The van der Waals surface area contributed by atoms with Crippen LogP contribution in [0.15, 0.2) is 29.1 Å². The molecule has 0 aliphatic carbocycles. The minimum atomic E-state index is -0.290. The van der Waals surface area contributed by atoms with Crippen LogP contribution in [0, 0.1) is 13.8 Å². The number of hydrogen-bond acceptors (Lipinski definition) is 5. The van der Waals surface area contributed by atoms with Gasteiger partial charge in [-0.2, -0.15) is 4.68 Å². The Balaban J connectivity index is 2.46. The van der Waals surface area contributed by atoms with Gasteiger partial charge in [-0.25, -0.2) is 10.8 Å². The standard InChI is InChI=1S/C13H17N5O/c1-8-4-3-5-10(6-8)7-11-9(2)16-13(17-14)18(15)12(11)19/h3-6H,7,14-15H2,1-2H3,(H,16,17). The molecule has 5 N–H and O–H groups in total. The first-order valence-electron chi connectivity index (χ1n) is 5.92. The Bertz CT molecular complexity index is 663. The maximum absolute atomic E-state index is 12.2. The minimum Gasteiger partial charge on any atom is -0.333 e. The molecule has 0 spiro atoms. The molecule has 0 fully saturated rings. The van der Waals surface area contributed by atoms with E-state index in [1.54, 1.807) is 6.92 Å². The number of anilines is 1. The lowest BCUT2D eigenvalue weighted by molar-refractivity contribution is 0.843. The molecular weight excluding hydrogens is 242 g/mol. The highest BCUT2D eigenvalue weighted by Gasteiger charge is 2.12. The zero-order valence-electron chi connectivity index (χ0n) is 11.0. The number of hydrazine groups is 1. The van der Waals surface area contributed by atoms with Crippen LogP contribution in [0.3, 0.4) is 0 Å². The van der Waals surface area contributed by atoms with E-state index in [4.69, 9.17) is 11.7 Å². The molecule has 0 saturated heterocycles. The molecule has 2 rings (SSSR count). The monoisotopic (exact) mass is 259 g/mol. The zero-order chi connectivity index (χ0) is 14.0. The maximum Gasteiger partial charge on any atom is 0.277 e. The van der Waals surface area contributed by atoms with Crippen molar-refractivity contribution < 1.29 is 0 Å². The number of nitrogens with two attached hydrogens (primary N) is 2. The Morgan fingerprint density at radius 2 is 2.11 bits per heavy atom. The van der Waals surface area contributed by atoms with Crippen LogP contribution in [0.2, 0.25) is 0 Å². The normalized spacial score (nSPS) is 10.5. The highest BCUT2D eigenvalue weighted by atomic mass is 16.1. The zero-order valence-corrected chi connectivity index (χ0v) is 11.0. The summed E-state index contributed by atoms with van der Waals surface area (Å²) in [7, 11) is 0. The van der Waals surface area contributed by atoms with Crippen molar-refractivity contribution in [2.24, 2.45) is 5.84 Å². The smallest absolute Gasteiger partial charge is 0.277 e. The molecule has 0 aliphatic rings. The van der Waals surface area contributed by atoms with Gasteiger partial charge in [0.25, 0.3) is 5.56 Å². The van der Waals surface area contributed by atoms with E-state index in [9.17, 15) is 4.79 Å². The fourth-order valence-corrected chi connectivity index (χ4v) is 2.01. The number of rotatable bonds is 3. The third kappa shape index (κ3) is 2.58. The predicted molar refractivity (Wildman–Crippen MR) is 75.2 cm³/mol. The minimum absolute atomic E-state index is 0.149. The first kappa shape index (κ1) is 13.1. The highest BCUT2D eigenvalue weighted by Crippen LogP contribution is 2.11. The predicted octanol–water partition coefficient (Wildman–Crippen LogP) is 0.450. The number of nitrogen functional groups attached to an aromatic ring is 2. The summed E-state index contributed by atoms with van der Waals surface area (Å²) in [6.07, 6.45) is 0.501. The summed E-state index contributed by atoms with van der Waals surface area (Å²) in [5.41, 5.74) is 5.42. The van der Waals surface area contributed by atoms with Crippen molar-refractivity contribution in [1.82, 2.24) is 9.66 Å². The van der Waals surface area contributed by atoms with Gasteiger partial charge in [0.2, 0.25) is 5.95 Å². The topological polar surface area (TPSA) is 99.0 Å². The Kier molecular flexibility index (Phi) is 3.52. The molecule has 0 amide bonds. The maximum atomic E-state index is 12.2. The summed E-state index contributed by atoms with van der Waals surface area (Å²) in [5.74, 6) is 11.1. The van der Waals surface area contributed by atoms with Gasteiger partial charge in [0.15, 0.2) is 0 Å². The fourth-order valence-electron chi connectivity index (χ4n) is 2.01. The van der Waals surface area contributed by atoms with Gasteiger partial charge in [-0.05, 0) is 19.4 Å². The van der Waals surface area contributed by atoms with Crippen LogP contribution in [0.25, 0.3) is 0 Å². The molecule has 1 aromatic heterocycles. The molecule has 0 aliphatic heterocycles. The van der Waals surface area contributed by atoms with E-state index in [1.807, 2.05) is 31.2 Å². The van der Waals surface area contributed by atoms with Gasteiger partial charge in [-0.15, -0.1) is 0 Å². The molecular formula is C13H17N5O. The lowest BCUT2D eigenvalue weighted by Crippen LogP contribution is -2.35. The number of nitrogens with zero attached hydrogens (tertiary/aromatic N) is 2. The van der Waals surface area contributed by atoms with Gasteiger partial charge < -0.3 is 5.84 Å². The highest BCUT2D eigenvalue weighted by molar-refractivity contribution is 5.34. The Morgan fingerprint density at radius 3 is 2.74 bits per heavy atom. The fraction of sp³-hybridized carbons (Fsp3) is 0.231. The number of aromatic nitrogens is 2. The second-order valence-corrected chi connectivity index (χ2v) is 4.48. The van der Waals surface area contributed by atoms with E-state index >= 15 is 0 Å². The average molecular weight is 259 g/mol. The van der Waals surface area contributed by atoms with Crippen LogP contribution in [0.1, 0.15) is 22.4 Å². The summed E-state index contributed by atoms with van der Waals surface area (Å²) >= 11 is 0. The molecule has 100 valence electrons. The van der Waals surface area contributed by atoms with Gasteiger partial charge in [0.1, 0.15) is 0 Å². The first-order chi connectivity index (χ1) is 9.02. The molecule has 6 nitrogen and oxygen atoms in total. The molecule has 2 aromatic rings. The molecule has 0 saturated carbocycles. The second-order valence-electron chi connectivity index (χ2n) is 4.48. The SMILES string of the molecule is Cc1cccc(Cc2c(C)nc(NN)n(N)c2=O)c1. The molecule has 19 heavy (non-hydrogen) atoms. The van der Waals surface area contributed by atoms with Crippen LogP contribution >= 0.6 is 0 Å². The number of hydrogen-bond donors (Lipinski definition) is 3. The van der Waals surface area contributed by atoms with E-state index in [-0.39, 0.29) is 11.5 Å². The number of aryl methyl sites for hydroxylation is 2. The van der Waals surface area contributed by atoms with Crippen molar-refractivity contribution in [3.05, 3.63) is 57.0 Å². The van der Waals surface area contributed by atoms with Gasteiger partial charge in [0, 0.05) is 12.0 Å². The lowest BCUT2D eigenvalue weighted by Gasteiger charge is -2.11. The Morgan fingerprint density at radius 1 is 1.37 bits per heavy atom. The molecule has 0 radical (unpaired) electrons. The summed E-state index contributed by atoms with van der Waals surface area (Å²) < 4.78 is 0.929. The molecule has 1 aromatic carbocycles. The largest absolute Gasteiger partial charge is 0.333 e. The average Bonchev–Trinajstić information content (AvgIpc) is 2.39. The first-order valence-corrected chi connectivity index (χ1v) is 5.92. The summed E-state index contributed by atoms with van der Waals surface area (Å²) in [6.45, 7) is 3.78.